The number of allylic oxidation sites excluding steroid dienone is 1. The van der Waals surface area contributed by atoms with Crippen LogP contribution in [0.3, 0.4) is 0 Å². The minimum absolute atomic E-state index is 0.255. The molecular formula is C18H19N7O. The molecule has 0 saturated heterocycles. The Morgan fingerprint density at radius 2 is 2.31 bits per heavy atom. The first-order chi connectivity index (χ1) is 12.6. The smallest absolute Gasteiger partial charge is 0.216 e. The van der Waals surface area contributed by atoms with E-state index in [-0.39, 0.29) is 5.82 Å². The molecule has 2 N–H and O–H groups in total. The standard InChI is InChI=1S/C18H19N7O/c1-10-9-25(3)11(2)16-14-6-13(4-5-15(14)26-17(10)16)20-8-12(7-19)18-21-23-24-22-18/h4-6,8,10-11,20H,9H2,1-3H3,(H,21,22,23,24). The Labute approximate surface area is 150 Å². The van der Waals surface area contributed by atoms with Gasteiger partial charge in [-0.3, -0.25) is 4.90 Å². The first-order valence-electron chi connectivity index (χ1n) is 8.45. The van der Waals surface area contributed by atoms with Crippen LogP contribution in [0.2, 0.25) is 0 Å². The summed E-state index contributed by atoms with van der Waals surface area (Å²) in [6.07, 6.45) is 1.58. The highest BCUT2D eigenvalue weighted by Crippen LogP contribution is 2.42. The van der Waals surface area contributed by atoms with Crippen LogP contribution in [0.1, 0.15) is 43.0 Å². The van der Waals surface area contributed by atoms with E-state index in [1.165, 1.54) is 5.56 Å². The van der Waals surface area contributed by atoms with Crippen LogP contribution in [0.15, 0.2) is 28.8 Å². The lowest BCUT2D eigenvalue weighted by Crippen LogP contribution is -2.31. The summed E-state index contributed by atoms with van der Waals surface area (Å²) in [5.41, 5.74) is 3.30. The first kappa shape index (κ1) is 16.3. The predicted octanol–water partition coefficient (Wildman–Crippen LogP) is 3.03. The first-order valence-corrected chi connectivity index (χ1v) is 8.45. The van der Waals surface area contributed by atoms with Crippen LogP contribution in [0.4, 0.5) is 5.69 Å². The summed E-state index contributed by atoms with van der Waals surface area (Å²) in [4.78, 5) is 2.34. The second-order valence-corrected chi connectivity index (χ2v) is 6.66. The van der Waals surface area contributed by atoms with Gasteiger partial charge in [-0.1, -0.05) is 6.92 Å². The van der Waals surface area contributed by atoms with Gasteiger partial charge in [0.1, 0.15) is 23.0 Å². The minimum atomic E-state index is 0.255. The van der Waals surface area contributed by atoms with E-state index in [4.69, 9.17) is 4.42 Å². The molecule has 2 atom stereocenters. The van der Waals surface area contributed by atoms with Crippen molar-refractivity contribution in [2.45, 2.75) is 25.8 Å². The SMILES string of the molecule is CC1CN(C)C(C)c2c1oc1ccc(NC=C(C#N)c3nn[nH]n3)cc21. The lowest BCUT2D eigenvalue weighted by atomic mass is 9.92. The predicted molar refractivity (Wildman–Crippen MR) is 97.1 cm³/mol. The Kier molecular flexibility index (Phi) is 3.93. The van der Waals surface area contributed by atoms with Crippen molar-refractivity contribution >= 4 is 22.2 Å². The third-order valence-electron chi connectivity index (χ3n) is 4.93. The minimum Gasteiger partial charge on any atom is -0.460 e. The van der Waals surface area contributed by atoms with E-state index < -0.39 is 0 Å². The van der Waals surface area contributed by atoms with Crippen molar-refractivity contribution in [3.8, 4) is 6.07 Å². The Bertz CT molecular complexity index is 1010. The fourth-order valence-electron chi connectivity index (χ4n) is 3.49. The highest BCUT2D eigenvalue weighted by Gasteiger charge is 2.31. The van der Waals surface area contributed by atoms with Gasteiger partial charge < -0.3 is 9.73 Å². The molecule has 1 aliphatic rings. The zero-order valence-corrected chi connectivity index (χ0v) is 14.8. The summed E-state index contributed by atoms with van der Waals surface area (Å²) in [5, 5.41) is 27.0. The van der Waals surface area contributed by atoms with Crippen LogP contribution in [0.5, 0.6) is 0 Å². The van der Waals surface area contributed by atoms with Gasteiger partial charge in [0, 0.05) is 41.3 Å². The number of likely N-dealkylation sites (N-methyl/N-ethyl adjacent to an activating group) is 1. The molecular weight excluding hydrogens is 330 g/mol. The number of aromatic amines is 1. The second kappa shape index (κ2) is 6.28. The molecule has 0 spiro atoms. The fraction of sp³-hybridized carbons (Fsp3) is 0.333. The maximum atomic E-state index is 9.27. The molecule has 132 valence electrons. The number of fused-ring (bicyclic) bond motifs is 3. The van der Waals surface area contributed by atoms with Crippen LogP contribution in [-0.2, 0) is 0 Å². The van der Waals surface area contributed by atoms with Crippen LogP contribution in [0.25, 0.3) is 16.5 Å². The van der Waals surface area contributed by atoms with Crippen LogP contribution in [-0.4, -0.2) is 39.1 Å². The monoisotopic (exact) mass is 349 g/mol. The molecule has 3 heterocycles. The zero-order valence-electron chi connectivity index (χ0n) is 14.8. The van der Waals surface area contributed by atoms with Crippen molar-refractivity contribution in [1.82, 2.24) is 25.5 Å². The number of hydrogen-bond donors (Lipinski definition) is 2. The van der Waals surface area contributed by atoms with E-state index >= 15 is 0 Å². The number of nitrogens with one attached hydrogen (secondary N) is 2. The molecule has 8 heteroatoms. The number of H-pyrrole nitrogens is 1. The largest absolute Gasteiger partial charge is 0.460 e. The zero-order chi connectivity index (χ0) is 18.3. The van der Waals surface area contributed by atoms with Gasteiger partial charge in [-0.05, 0) is 37.4 Å². The third kappa shape index (κ3) is 2.62. The van der Waals surface area contributed by atoms with Gasteiger partial charge in [0.15, 0.2) is 0 Å². The maximum Gasteiger partial charge on any atom is 0.216 e. The molecule has 2 unspecified atom stereocenters. The highest BCUT2D eigenvalue weighted by atomic mass is 16.3. The van der Waals surface area contributed by atoms with Gasteiger partial charge in [0.25, 0.3) is 0 Å². The number of tetrazole rings is 1. The molecule has 1 aromatic carbocycles. The van der Waals surface area contributed by atoms with Gasteiger partial charge in [0.2, 0.25) is 5.82 Å². The summed E-state index contributed by atoms with van der Waals surface area (Å²) in [6, 6.07) is 8.31. The van der Waals surface area contributed by atoms with E-state index in [1.807, 2.05) is 12.1 Å². The van der Waals surface area contributed by atoms with Crippen molar-refractivity contribution in [2.75, 3.05) is 18.9 Å². The number of rotatable bonds is 3. The Hall–Kier alpha value is -3.18. The Balaban J connectivity index is 1.71. The van der Waals surface area contributed by atoms with Crippen molar-refractivity contribution in [2.24, 2.45) is 0 Å². The molecule has 4 rings (SSSR count). The van der Waals surface area contributed by atoms with Crippen molar-refractivity contribution < 1.29 is 4.42 Å². The lowest BCUT2D eigenvalue weighted by Gasteiger charge is -2.33. The average molecular weight is 349 g/mol. The molecule has 0 amide bonds. The summed E-state index contributed by atoms with van der Waals surface area (Å²) >= 11 is 0. The molecule has 0 bridgehead atoms. The molecule has 0 radical (unpaired) electrons. The number of nitriles is 1. The van der Waals surface area contributed by atoms with Crippen molar-refractivity contribution in [3.05, 3.63) is 41.5 Å². The number of furan rings is 1. The normalized spacial score (nSPS) is 20.8. The average Bonchev–Trinajstić information content (AvgIpc) is 3.28. The van der Waals surface area contributed by atoms with Gasteiger partial charge >= 0.3 is 0 Å². The number of aromatic nitrogens is 4. The molecule has 2 aromatic heterocycles. The van der Waals surface area contributed by atoms with E-state index in [9.17, 15) is 5.26 Å². The quantitative estimate of drug-likeness (QED) is 0.700. The molecule has 3 aromatic rings. The highest BCUT2D eigenvalue weighted by molar-refractivity contribution is 5.87. The van der Waals surface area contributed by atoms with E-state index in [1.54, 1.807) is 6.20 Å². The van der Waals surface area contributed by atoms with Crippen LogP contribution < -0.4 is 5.32 Å². The summed E-state index contributed by atoms with van der Waals surface area (Å²) in [7, 11) is 2.14. The molecule has 0 fully saturated rings. The van der Waals surface area contributed by atoms with E-state index in [0.29, 0.717) is 17.5 Å². The van der Waals surface area contributed by atoms with E-state index in [2.05, 4.69) is 63.9 Å². The van der Waals surface area contributed by atoms with Crippen LogP contribution >= 0.6 is 0 Å². The van der Waals surface area contributed by atoms with Crippen molar-refractivity contribution in [1.29, 1.82) is 5.26 Å². The Morgan fingerprint density at radius 1 is 1.46 bits per heavy atom. The Morgan fingerprint density at radius 3 is 3.04 bits per heavy atom. The third-order valence-corrected chi connectivity index (χ3v) is 4.93. The number of nitrogens with zero attached hydrogens (tertiary/aromatic N) is 5. The molecule has 1 aliphatic heterocycles. The maximum absolute atomic E-state index is 9.27. The summed E-state index contributed by atoms with van der Waals surface area (Å²) in [5.74, 6) is 1.69. The van der Waals surface area contributed by atoms with Gasteiger partial charge in [0.05, 0.1) is 0 Å². The number of hydrogen-bond acceptors (Lipinski definition) is 7. The van der Waals surface area contributed by atoms with Crippen LogP contribution in [0, 0.1) is 11.3 Å². The fourth-order valence-corrected chi connectivity index (χ4v) is 3.49. The van der Waals surface area contributed by atoms with E-state index in [0.717, 1.165) is 29.0 Å². The number of benzene rings is 1. The number of anilines is 1. The topological polar surface area (TPSA) is 107 Å². The van der Waals surface area contributed by atoms with Gasteiger partial charge in [-0.15, -0.1) is 10.2 Å². The van der Waals surface area contributed by atoms with Gasteiger partial charge in [-0.25, -0.2) is 0 Å². The molecule has 8 nitrogen and oxygen atoms in total. The molecule has 0 aliphatic carbocycles. The second-order valence-electron chi connectivity index (χ2n) is 6.66. The van der Waals surface area contributed by atoms with Gasteiger partial charge in [-0.2, -0.15) is 10.5 Å². The lowest BCUT2D eigenvalue weighted by molar-refractivity contribution is 0.215. The summed E-state index contributed by atoms with van der Waals surface area (Å²) < 4.78 is 6.13. The summed E-state index contributed by atoms with van der Waals surface area (Å²) in [6.45, 7) is 5.37. The van der Waals surface area contributed by atoms with Crippen molar-refractivity contribution in [3.63, 3.8) is 0 Å². The molecule has 0 saturated carbocycles. The molecule has 26 heavy (non-hydrogen) atoms.